The number of thiazole rings is 1. The maximum atomic E-state index is 13.0. The zero-order valence-electron chi connectivity index (χ0n) is 22.6. The number of nitrogens with one attached hydrogen (secondary N) is 1. The summed E-state index contributed by atoms with van der Waals surface area (Å²) in [6.07, 6.45) is 4.09. The Hall–Kier alpha value is -3.34. The number of hydrogen-bond donors (Lipinski definition) is 3. The van der Waals surface area contributed by atoms with Gasteiger partial charge < -0.3 is 30.5 Å². The van der Waals surface area contributed by atoms with E-state index < -0.39 is 0 Å². The molecule has 9 nitrogen and oxygen atoms in total. The molecule has 1 atom stereocenters. The van der Waals surface area contributed by atoms with Crippen LogP contribution in [0.5, 0.6) is 11.5 Å². The van der Waals surface area contributed by atoms with E-state index in [9.17, 15) is 9.90 Å². The van der Waals surface area contributed by atoms with E-state index in [1.54, 1.807) is 18.2 Å². The number of β-amino-alcohol motifs (C(OH)–C–C–N with tert-alkyl or cyclic N) is 1. The average Bonchev–Trinajstić information content (AvgIpc) is 3.60. The molecular weight excluding hydrogens is 514 g/mol. The summed E-state index contributed by atoms with van der Waals surface area (Å²) in [6.45, 7) is 8.10. The SMILES string of the molecule is CC.Nc1nc(Nc2ccc(N3CCC(N4CCCC(O)C4)CC3)cc2)sc1C(=O)c1ccc2c(c1)OCO2. The van der Waals surface area contributed by atoms with Gasteiger partial charge in [0.25, 0.3) is 0 Å². The number of likely N-dealkylation sites (tertiary alicyclic amines) is 1. The number of nitrogens with zero attached hydrogens (tertiary/aromatic N) is 3. The number of rotatable bonds is 6. The van der Waals surface area contributed by atoms with Gasteiger partial charge in [-0.05, 0) is 74.7 Å². The fourth-order valence-corrected chi connectivity index (χ4v) is 6.27. The lowest BCUT2D eigenvalue weighted by atomic mass is 9.98. The summed E-state index contributed by atoms with van der Waals surface area (Å²) in [4.78, 5) is 22.7. The summed E-state index contributed by atoms with van der Waals surface area (Å²) >= 11 is 1.23. The first kappa shape index (κ1) is 27.2. The number of nitrogen functional groups attached to an aromatic ring is 1. The molecule has 0 radical (unpaired) electrons. The monoisotopic (exact) mass is 551 g/mol. The maximum absolute atomic E-state index is 13.0. The summed E-state index contributed by atoms with van der Waals surface area (Å²) in [6, 6.07) is 14.0. The Morgan fingerprint density at radius 3 is 2.54 bits per heavy atom. The molecule has 6 rings (SSSR count). The lowest BCUT2D eigenvalue weighted by molar-refractivity contribution is 0.0398. The molecule has 0 bridgehead atoms. The molecule has 1 aromatic heterocycles. The quantitative estimate of drug-likeness (QED) is 0.369. The standard InChI is InChI=1S/C27H31N5O4S.C2H6/c28-26-25(24(34)17-3-8-22-23(14-17)36-16-35-22)37-27(30-26)29-18-4-6-19(7-5-18)31-12-9-20(10-13-31)32-11-1-2-21(33)15-32;1-2/h3-8,14,20-21,33H,1-2,9-13,15-16,28H2,(H,29,30);1-2H3. The van der Waals surface area contributed by atoms with Crippen molar-refractivity contribution >= 4 is 39.4 Å². The summed E-state index contributed by atoms with van der Waals surface area (Å²) < 4.78 is 10.7. The number of aliphatic hydroxyl groups excluding tert-OH is 1. The van der Waals surface area contributed by atoms with Crippen LogP contribution in [0.4, 0.5) is 22.3 Å². The zero-order chi connectivity index (χ0) is 27.4. The van der Waals surface area contributed by atoms with E-state index in [1.807, 2.05) is 26.0 Å². The highest BCUT2D eigenvalue weighted by molar-refractivity contribution is 7.18. The molecule has 4 heterocycles. The molecule has 39 heavy (non-hydrogen) atoms. The number of ether oxygens (including phenoxy) is 2. The minimum atomic E-state index is -0.195. The van der Waals surface area contributed by atoms with Crippen LogP contribution in [-0.2, 0) is 0 Å². The third-order valence-corrected chi connectivity index (χ3v) is 8.37. The Bertz CT molecular complexity index is 1270. The van der Waals surface area contributed by atoms with Crippen molar-refractivity contribution in [2.24, 2.45) is 0 Å². The lowest BCUT2D eigenvalue weighted by Crippen LogP contribution is -2.49. The number of carbonyl (C=O) groups is 1. The highest BCUT2D eigenvalue weighted by atomic mass is 32.1. The van der Waals surface area contributed by atoms with Crippen LogP contribution in [0, 0.1) is 0 Å². The lowest BCUT2D eigenvalue weighted by Gasteiger charge is -2.42. The fourth-order valence-electron chi connectivity index (χ4n) is 5.40. The first-order chi connectivity index (χ1) is 19.0. The van der Waals surface area contributed by atoms with Gasteiger partial charge in [-0.25, -0.2) is 4.98 Å². The first-order valence-electron chi connectivity index (χ1n) is 13.8. The summed E-state index contributed by atoms with van der Waals surface area (Å²) in [5, 5.41) is 13.9. The second-order valence-corrected chi connectivity index (χ2v) is 10.8. The molecule has 0 aliphatic carbocycles. The van der Waals surface area contributed by atoms with Crippen molar-refractivity contribution in [3.63, 3.8) is 0 Å². The van der Waals surface area contributed by atoms with Crippen molar-refractivity contribution in [1.82, 2.24) is 9.88 Å². The van der Waals surface area contributed by atoms with Crippen molar-refractivity contribution in [1.29, 1.82) is 0 Å². The van der Waals surface area contributed by atoms with E-state index in [2.05, 4.69) is 32.2 Å². The minimum Gasteiger partial charge on any atom is -0.454 e. The van der Waals surface area contributed by atoms with Crippen molar-refractivity contribution in [3.05, 3.63) is 52.9 Å². The molecule has 3 aliphatic heterocycles. The second-order valence-electron chi connectivity index (χ2n) is 9.81. The molecule has 2 saturated heterocycles. The number of anilines is 4. The number of aliphatic hydroxyl groups is 1. The molecule has 0 spiro atoms. The van der Waals surface area contributed by atoms with E-state index in [1.165, 1.54) is 17.0 Å². The first-order valence-corrected chi connectivity index (χ1v) is 14.6. The fraction of sp³-hybridized carbons (Fsp3) is 0.448. The number of aromatic nitrogens is 1. The minimum absolute atomic E-state index is 0.157. The van der Waals surface area contributed by atoms with Crippen LogP contribution in [0.25, 0.3) is 0 Å². The highest BCUT2D eigenvalue weighted by Crippen LogP contribution is 2.35. The smallest absolute Gasteiger partial charge is 0.231 e. The largest absolute Gasteiger partial charge is 0.454 e. The van der Waals surface area contributed by atoms with Crippen LogP contribution in [-0.4, -0.2) is 65.9 Å². The number of carbonyl (C=O) groups excluding carboxylic acids is 1. The van der Waals surface area contributed by atoms with Gasteiger partial charge in [0.05, 0.1) is 6.10 Å². The number of hydrogen-bond acceptors (Lipinski definition) is 10. The van der Waals surface area contributed by atoms with Gasteiger partial charge in [0.15, 0.2) is 16.6 Å². The van der Waals surface area contributed by atoms with Crippen LogP contribution in [0.1, 0.15) is 54.8 Å². The molecule has 4 N–H and O–H groups in total. The Morgan fingerprint density at radius 1 is 1.05 bits per heavy atom. The van der Waals surface area contributed by atoms with Crippen molar-refractivity contribution < 1.29 is 19.4 Å². The van der Waals surface area contributed by atoms with Gasteiger partial charge in [0.1, 0.15) is 10.7 Å². The van der Waals surface area contributed by atoms with E-state index >= 15 is 0 Å². The van der Waals surface area contributed by atoms with E-state index in [4.69, 9.17) is 15.2 Å². The molecule has 2 fully saturated rings. The van der Waals surface area contributed by atoms with Crippen LogP contribution in [0.2, 0.25) is 0 Å². The summed E-state index contributed by atoms with van der Waals surface area (Å²) in [7, 11) is 0. The number of fused-ring (bicyclic) bond motifs is 1. The van der Waals surface area contributed by atoms with E-state index in [0.717, 1.165) is 57.5 Å². The van der Waals surface area contributed by atoms with E-state index in [0.29, 0.717) is 33.1 Å². The molecule has 0 amide bonds. The predicted molar refractivity (Wildman–Crippen MR) is 156 cm³/mol. The van der Waals surface area contributed by atoms with Gasteiger partial charge in [-0.3, -0.25) is 9.69 Å². The third-order valence-electron chi connectivity index (χ3n) is 7.39. The van der Waals surface area contributed by atoms with Gasteiger partial charge >= 0.3 is 0 Å². The van der Waals surface area contributed by atoms with Crippen LogP contribution >= 0.6 is 11.3 Å². The second kappa shape index (κ2) is 12.2. The number of benzene rings is 2. The number of ketones is 1. The molecule has 3 aliphatic rings. The Kier molecular flexibility index (Phi) is 8.54. The maximum Gasteiger partial charge on any atom is 0.231 e. The van der Waals surface area contributed by atoms with Crippen LogP contribution in [0.15, 0.2) is 42.5 Å². The zero-order valence-corrected chi connectivity index (χ0v) is 23.4. The molecule has 2 aromatic carbocycles. The topological polar surface area (TPSA) is 113 Å². The van der Waals surface area contributed by atoms with Crippen LogP contribution < -0.4 is 25.4 Å². The van der Waals surface area contributed by atoms with Gasteiger partial charge in [-0.15, -0.1) is 0 Å². The molecular formula is C29H37N5O4S. The Morgan fingerprint density at radius 2 is 1.79 bits per heavy atom. The van der Waals surface area contributed by atoms with E-state index in [-0.39, 0.29) is 24.5 Å². The normalized spacial score (nSPS) is 19.4. The molecule has 208 valence electrons. The van der Waals surface area contributed by atoms with Crippen molar-refractivity contribution in [3.8, 4) is 11.5 Å². The third kappa shape index (κ3) is 6.13. The Balaban J connectivity index is 0.00000151. The molecule has 3 aromatic rings. The van der Waals surface area contributed by atoms with Gasteiger partial charge in [0, 0.05) is 42.6 Å². The van der Waals surface area contributed by atoms with Crippen molar-refractivity contribution in [2.45, 2.75) is 51.7 Å². The molecule has 0 saturated carbocycles. The number of piperidine rings is 2. The highest BCUT2D eigenvalue weighted by Gasteiger charge is 2.28. The average molecular weight is 552 g/mol. The Labute approximate surface area is 233 Å². The summed E-state index contributed by atoms with van der Waals surface area (Å²) in [5.41, 5.74) is 8.66. The predicted octanol–water partition coefficient (Wildman–Crippen LogP) is 4.88. The molecule has 10 heteroatoms. The van der Waals surface area contributed by atoms with Gasteiger partial charge in [0.2, 0.25) is 12.6 Å². The van der Waals surface area contributed by atoms with Gasteiger partial charge in [-0.2, -0.15) is 0 Å². The molecule has 1 unspecified atom stereocenters. The summed E-state index contributed by atoms with van der Waals surface area (Å²) in [5.74, 6) is 1.20. The van der Waals surface area contributed by atoms with Gasteiger partial charge in [-0.1, -0.05) is 25.2 Å². The number of nitrogens with two attached hydrogens (primary N) is 1. The van der Waals surface area contributed by atoms with Crippen molar-refractivity contribution in [2.75, 3.05) is 48.9 Å². The van der Waals surface area contributed by atoms with Crippen LogP contribution in [0.3, 0.4) is 0 Å².